The average molecular weight is 325 g/mol. The number of carbonyl (C=O) groups excluding carboxylic acids is 2. The third-order valence-corrected chi connectivity index (χ3v) is 4.34. The fourth-order valence-electron chi connectivity index (χ4n) is 2.19. The first-order chi connectivity index (χ1) is 10.5. The van der Waals surface area contributed by atoms with Crippen LogP contribution in [-0.2, 0) is 14.2 Å². The minimum absolute atomic E-state index is 0.223. The van der Waals surface area contributed by atoms with E-state index in [1.54, 1.807) is 24.3 Å². The van der Waals surface area contributed by atoms with Gasteiger partial charge < -0.3 is 10.1 Å². The fourth-order valence-corrected chi connectivity index (χ4v) is 2.78. The predicted octanol–water partition coefficient (Wildman–Crippen LogP) is -0.665. The Hall–Kier alpha value is -2.02. The van der Waals surface area contributed by atoms with Crippen molar-refractivity contribution in [2.45, 2.75) is 17.7 Å². The molecule has 1 heterocycles. The minimum Gasteiger partial charge on any atom is -0.484 e. The molecule has 9 heteroatoms. The van der Waals surface area contributed by atoms with Gasteiger partial charge in [0.2, 0.25) is 0 Å². The number of ether oxygens (including phenoxy) is 1. The van der Waals surface area contributed by atoms with Gasteiger partial charge in [0, 0.05) is 6.54 Å². The second-order valence-electron chi connectivity index (χ2n) is 4.98. The monoisotopic (exact) mass is 325 g/mol. The number of nitrogens with zero attached hydrogens (tertiary/aromatic N) is 1. The Balaban J connectivity index is 1.95. The largest absolute Gasteiger partial charge is 0.484 e. The molecule has 8 nitrogen and oxygen atoms in total. The van der Waals surface area contributed by atoms with Crippen LogP contribution in [0.15, 0.2) is 30.3 Å². The zero-order valence-electron chi connectivity index (χ0n) is 11.8. The van der Waals surface area contributed by atoms with Crippen molar-refractivity contribution in [2.75, 3.05) is 13.2 Å². The Morgan fingerprint density at radius 3 is 2.77 bits per heavy atom. The molecule has 22 heavy (non-hydrogen) atoms. The molecule has 2 rings (SSSR count). The van der Waals surface area contributed by atoms with Crippen LogP contribution in [0.3, 0.4) is 0 Å². The lowest BCUT2D eigenvalue weighted by Gasteiger charge is -2.35. The van der Waals surface area contributed by atoms with Crippen molar-refractivity contribution in [3.63, 3.8) is 0 Å². The number of nitrogens with two attached hydrogens (primary N) is 2. The Bertz CT molecular complexity index is 570. The Morgan fingerprint density at radius 2 is 2.14 bits per heavy atom. The van der Waals surface area contributed by atoms with Gasteiger partial charge in [-0.3, -0.25) is 20.3 Å². The van der Waals surface area contributed by atoms with E-state index in [0.717, 1.165) is 5.01 Å². The van der Waals surface area contributed by atoms with Crippen molar-refractivity contribution >= 4 is 20.3 Å². The molecular weight excluding hydrogens is 307 g/mol. The Labute approximate surface area is 128 Å². The number of amides is 2. The Morgan fingerprint density at radius 1 is 1.45 bits per heavy atom. The predicted molar refractivity (Wildman–Crippen MR) is 80.3 cm³/mol. The zero-order valence-corrected chi connectivity index (χ0v) is 12.8. The van der Waals surface area contributed by atoms with Crippen molar-refractivity contribution in [2.24, 2.45) is 11.6 Å². The van der Waals surface area contributed by atoms with Gasteiger partial charge in [0.1, 0.15) is 11.8 Å². The maximum atomic E-state index is 11.9. The van der Waals surface area contributed by atoms with Crippen molar-refractivity contribution < 1.29 is 18.9 Å². The van der Waals surface area contributed by atoms with E-state index in [1.807, 2.05) is 6.07 Å². The maximum absolute atomic E-state index is 11.9. The van der Waals surface area contributed by atoms with Gasteiger partial charge in [-0.25, -0.2) is 5.84 Å². The molecule has 2 unspecified atom stereocenters. The quantitative estimate of drug-likeness (QED) is 0.374. The number of piperidine rings is 1. The van der Waals surface area contributed by atoms with E-state index in [2.05, 4.69) is 5.32 Å². The topological polar surface area (TPSA) is 128 Å². The molecule has 0 aromatic heterocycles. The summed E-state index contributed by atoms with van der Waals surface area (Å²) in [6.45, 7) is 0.00580. The molecule has 1 aromatic rings. The van der Waals surface area contributed by atoms with Crippen molar-refractivity contribution in [1.82, 2.24) is 10.3 Å². The highest BCUT2D eigenvalue weighted by molar-refractivity contribution is 7.27. The van der Waals surface area contributed by atoms with E-state index in [1.165, 1.54) is 0 Å². The molecule has 1 aromatic carbocycles. The highest BCUT2D eigenvalue weighted by Crippen LogP contribution is 2.28. The molecule has 0 saturated carbocycles. The molecule has 5 N–H and O–H groups in total. The van der Waals surface area contributed by atoms with E-state index in [4.69, 9.17) is 16.3 Å². The summed E-state index contributed by atoms with van der Waals surface area (Å²) in [6.07, 6.45) is 0.324. The third kappa shape index (κ3) is 3.41. The molecule has 1 saturated heterocycles. The van der Waals surface area contributed by atoms with Crippen LogP contribution >= 0.6 is 8.46 Å². The molecule has 0 spiro atoms. The summed E-state index contributed by atoms with van der Waals surface area (Å²) in [5, 5.41) is 1.82. The number of nitrogens with one attached hydrogen (secondary N) is 1. The summed E-state index contributed by atoms with van der Waals surface area (Å²) in [4.78, 5) is 23.9. The first-order valence-electron chi connectivity index (χ1n) is 6.69. The molecule has 0 bridgehead atoms. The molecule has 2 amide bonds. The van der Waals surface area contributed by atoms with Gasteiger partial charge in [0.15, 0.2) is 6.61 Å². The summed E-state index contributed by atoms with van der Waals surface area (Å²) in [5.74, 6) is 4.94. The van der Waals surface area contributed by atoms with Crippen molar-refractivity contribution in [3.05, 3.63) is 30.3 Å². The van der Waals surface area contributed by atoms with E-state index < -0.39 is 31.6 Å². The highest BCUT2D eigenvalue weighted by Gasteiger charge is 2.55. The summed E-state index contributed by atoms with van der Waals surface area (Å²) in [5.41, 5.74) is 5.87. The standard InChI is InChI=1S/C13H17N4O4P/c14-13(22-20)10(6-7-17(15)12(13)19)16-11(18)8-21-9-4-2-1-3-5-9/h1-5,10H,6-8,14-15H2,(H,16,18)/p+1/t10?,13-/m0/s1. The number of benzene rings is 1. The molecule has 1 fully saturated rings. The molecule has 0 radical (unpaired) electrons. The van der Waals surface area contributed by atoms with Gasteiger partial charge in [0.05, 0.1) is 0 Å². The maximum Gasteiger partial charge on any atom is 0.359 e. The number of hydrogen-bond acceptors (Lipinski definition) is 6. The van der Waals surface area contributed by atoms with Gasteiger partial charge in [0.25, 0.3) is 5.91 Å². The molecule has 3 atom stereocenters. The second kappa shape index (κ2) is 6.83. The van der Waals surface area contributed by atoms with Gasteiger partial charge in [-0.2, -0.15) is 0 Å². The van der Waals surface area contributed by atoms with Crippen molar-refractivity contribution in [1.29, 1.82) is 0 Å². The number of carbonyl (C=O) groups is 2. The van der Waals surface area contributed by atoms with Crippen LogP contribution in [0.25, 0.3) is 0 Å². The lowest BCUT2D eigenvalue weighted by Crippen LogP contribution is -2.69. The van der Waals surface area contributed by atoms with E-state index in [-0.39, 0.29) is 13.2 Å². The fraction of sp³-hybridized carbons (Fsp3) is 0.385. The first kappa shape index (κ1) is 16.4. The lowest BCUT2D eigenvalue weighted by atomic mass is 9.99. The first-order valence-corrected chi connectivity index (χ1v) is 7.60. The van der Waals surface area contributed by atoms with Crippen LogP contribution in [0.5, 0.6) is 5.75 Å². The second-order valence-corrected chi connectivity index (χ2v) is 6.01. The van der Waals surface area contributed by atoms with Crippen molar-refractivity contribution in [3.8, 4) is 5.75 Å². The van der Waals surface area contributed by atoms with Crippen LogP contribution in [0, 0.1) is 0 Å². The van der Waals surface area contributed by atoms with Crippen LogP contribution < -0.4 is 21.6 Å². The molecular formula is C13H18N4O4P+. The third-order valence-electron chi connectivity index (χ3n) is 3.44. The number of rotatable bonds is 5. The normalized spacial score (nSPS) is 25.1. The molecule has 0 aliphatic carbocycles. The van der Waals surface area contributed by atoms with Gasteiger partial charge in [-0.05, 0) is 18.6 Å². The zero-order chi connectivity index (χ0) is 16.2. The van der Waals surface area contributed by atoms with E-state index >= 15 is 0 Å². The van der Waals surface area contributed by atoms with E-state index in [0.29, 0.717) is 12.2 Å². The van der Waals surface area contributed by atoms with Crippen LogP contribution in [0.1, 0.15) is 6.42 Å². The van der Waals surface area contributed by atoms with Crippen LogP contribution in [0.2, 0.25) is 0 Å². The van der Waals surface area contributed by atoms with Crippen LogP contribution in [0.4, 0.5) is 0 Å². The highest BCUT2D eigenvalue weighted by atomic mass is 31.1. The van der Waals surface area contributed by atoms with Crippen LogP contribution in [-0.4, -0.2) is 41.3 Å². The summed E-state index contributed by atoms with van der Waals surface area (Å²) >= 11 is 0. The molecule has 1 aliphatic rings. The number of hydrazine groups is 1. The minimum atomic E-state index is -1.70. The summed E-state index contributed by atoms with van der Waals surface area (Å²) in [6, 6.07) is 8.09. The lowest BCUT2D eigenvalue weighted by molar-refractivity contribution is -0.138. The number of hydrogen-bond donors (Lipinski definition) is 3. The summed E-state index contributed by atoms with van der Waals surface area (Å²) in [7, 11) is -1.12. The van der Waals surface area contributed by atoms with Gasteiger partial charge in [-0.1, -0.05) is 22.8 Å². The Kier molecular flexibility index (Phi) is 5.07. The molecule has 1 aliphatic heterocycles. The van der Waals surface area contributed by atoms with E-state index in [9.17, 15) is 14.2 Å². The smallest absolute Gasteiger partial charge is 0.359 e. The number of para-hydroxylation sites is 1. The SMILES string of the molecule is NN1CCC(NC(=O)COc2ccccc2)[C@](N)([PH+]=O)C1=O. The summed E-state index contributed by atoms with van der Waals surface area (Å²) < 4.78 is 16.7. The van der Waals surface area contributed by atoms with Gasteiger partial charge >= 0.3 is 19.6 Å². The molecule has 118 valence electrons. The average Bonchev–Trinajstić information content (AvgIpc) is 2.54. The van der Waals surface area contributed by atoms with Gasteiger partial charge in [-0.15, -0.1) is 0 Å².